The normalized spacial score (nSPS) is 29.3. The quantitative estimate of drug-likeness (QED) is 0.317. The summed E-state index contributed by atoms with van der Waals surface area (Å²) in [6.07, 6.45) is -5.14. The molecule has 166 valence electrons. The van der Waals surface area contributed by atoms with Gasteiger partial charge < -0.3 is 24.7 Å². The zero-order valence-corrected chi connectivity index (χ0v) is 17.4. The number of hydrogen-bond acceptors (Lipinski definition) is 10. The average Bonchev–Trinajstić information content (AvgIpc) is 2.78. The second kappa shape index (κ2) is 8.52. The van der Waals surface area contributed by atoms with Crippen molar-refractivity contribution in [2.24, 2.45) is 0 Å². The standard InChI is InChI=1S/C13H22N2O12P2/c1-13(2,3)26-29(22,23)27-28(20,21)24-6-7-9(17)10(18)11(25-7)15-5-4-8(16)14-12(15)19/h4-5,7,9-11,17-18H,6H2,1-3H3,(H,20,21)(H,22,23)(H,14,16,19)/t7-,9?,10+,11-/m1/s1. The molecular formula is C13H22N2O12P2. The summed E-state index contributed by atoms with van der Waals surface area (Å²) in [7, 11) is -10.1. The Bertz CT molecular complexity index is 937. The summed E-state index contributed by atoms with van der Waals surface area (Å²) in [5.41, 5.74) is -2.79. The Morgan fingerprint density at radius 1 is 1.17 bits per heavy atom. The SMILES string of the molecule is CC(C)(C)OP(=O)(O)OP(=O)(O)OC[C@H]1O[C@@H](n2ccc(=O)[nH]c2=O)[C@@H](O)C1O. The van der Waals surface area contributed by atoms with Crippen LogP contribution in [0.1, 0.15) is 27.0 Å². The van der Waals surface area contributed by atoms with Crippen LogP contribution in [0.15, 0.2) is 21.9 Å². The Balaban J connectivity index is 2.05. The fourth-order valence-electron chi connectivity index (χ4n) is 2.41. The number of nitrogens with one attached hydrogen (secondary N) is 1. The number of aromatic nitrogens is 2. The van der Waals surface area contributed by atoms with Gasteiger partial charge in [-0.15, -0.1) is 0 Å². The number of rotatable bonds is 7. The van der Waals surface area contributed by atoms with Gasteiger partial charge in [-0.2, -0.15) is 4.31 Å². The van der Waals surface area contributed by atoms with Crippen LogP contribution in [0.5, 0.6) is 0 Å². The van der Waals surface area contributed by atoms with E-state index in [4.69, 9.17) is 4.74 Å². The van der Waals surface area contributed by atoms with Crippen molar-refractivity contribution in [3.8, 4) is 0 Å². The molecule has 1 fully saturated rings. The minimum Gasteiger partial charge on any atom is -0.387 e. The lowest BCUT2D eigenvalue weighted by molar-refractivity contribution is -0.0544. The molecule has 1 aliphatic rings. The van der Waals surface area contributed by atoms with E-state index in [0.717, 1.165) is 16.8 Å². The second-order valence-corrected chi connectivity index (χ2v) is 10.1. The number of nitrogens with zero attached hydrogens (tertiary/aromatic N) is 1. The average molecular weight is 460 g/mol. The topological polar surface area (TPSA) is 207 Å². The molecule has 0 amide bonds. The predicted octanol–water partition coefficient (Wildman–Crippen LogP) is -0.795. The first-order valence-corrected chi connectivity index (χ1v) is 11.1. The zero-order chi connectivity index (χ0) is 22.2. The summed E-state index contributed by atoms with van der Waals surface area (Å²) in [5, 5.41) is 20.1. The maximum Gasteiger partial charge on any atom is 0.481 e. The van der Waals surface area contributed by atoms with Crippen molar-refractivity contribution in [1.29, 1.82) is 0 Å². The van der Waals surface area contributed by atoms with Gasteiger partial charge in [0.2, 0.25) is 0 Å². The maximum atomic E-state index is 11.9. The van der Waals surface area contributed by atoms with Gasteiger partial charge in [-0.1, -0.05) is 0 Å². The molecule has 0 aromatic carbocycles. The highest BCUT2D eigenvalue weighted by Crippen LogP contribution is 2.61. The number of ether oxygens (including phenoxy) is 1. The summed E-state index contributed by atoms with van der Waals surface area (Å²) < 4.78 is 43.1. The number of aromatic amines is 1. The number of H-pyrrole nitrogens is 1. The van der Waals surface area contributed by atoms with E-state index in [0.29, 0.717) is 0 Å². The van der Waals surface area contributed by atoms with Crippen molar-refractivity contribution < 1.29 is 47.2 Å². The van der Waals surface area contributed by atoms with Gasteiger partial charge in [-0.25, -0.2) is 13.9 Å². The smallest absolute Gasteiger partial charge is 0.387 e. The molecule has 14 nitrogen and oxygen atoms in total. The molecule has 29 heavy (non-hydrogen) atoms. The van der Waals surface area contributed by atoms with Crippen molar-refractivity contribution >= 4 is 15.6 Å². The lowest BCUT2D eigenvalue weighted by Gasteiger charge is -2.24. The molecule has 0 spiro atoms. The third kappa shape index (κ3) is 6.66. The molecule has 16 heteroatoms. The minimum absolute atomic E-state index is 0.691. The highest BCUT2D eigenvalue weighted by Gasteiger charge is 2.46. The van der Waals surface area contributed by atoms with Crippen LogP contribution in [-0.4, -0.2) is 60.1 Å². The number of aliphatic hydroxyl groups is 2. The highest BCUT2D eigenvalue weighted by molar-refractivity contribution is 7.61. The van der Waals surface area contributed by atoms with E-state index in [9.17, 15) is 38.7 Å². The molecule has 0 aliphatic carbocycles. The largest absolute Gasteiger partial charge is 0.481 e. The van der Waals surface area contributed by atoms with Gasteiger partial charge in [0, 0.05) is 12.3 Å². The molecule has 0 radical (unpaired) electrons. The molecule has 0 bridgehead atoms. The first-order chi connectivity index (χ1) is 13.1. The van der Waals surface area contributed by atoms with Crippen LogP contribution < -0.4 is 11.2 Å². The van der Waals surface area contributed by atoms with Crippen molar-refractivity contribution in [2.75, 3.05) is 6.61 Å². The molecule has 2 rings (SSSR count). The van der Waals surface area contributed by atoms with Gasteiger partial charge >= 0.3 is 21.3 Å². The molecule has 1 aromatic rings. The summed E-state index contributed by atoms with van der Waals surface area (Å²) in [6, 6.07) is 0.984. The van der Waals surface area contributed by atoms with Crippen LogP contribution in [0.2, 0.25) is 0 Å². The van der Waals surface area contributed by atoms with Crippen LogP contribution in [0.25, 0.3) is 0 Å². The molecule has 1 aromatic heterocycles. The number of hydrogen-bond donors (Lipinski definition) is 5. The fourth-order valence-corrected chi connectivity index (χ4v) is 4.80. The highest BCUT2D eigenvalue weighted by atomic mass is 31.3. The number of phosphoric ester groups is 2. The Kier molecular flexibility index (Phi) is 7.08. The van der Waals surface area contributed by atoms with Crippen molar-refractivity contribution in [2.45, 2.75) is 50.9 Å². The summed E-state index contributed by atoms with van der Waals surface area (Å²) >= 11 is 0. The van der Waals surface area contributed by atoms with E-state index in [1.807, 2.05) is 4.98 Å². The van der Waals surface area contributed by atoms with Crippen molar-refractivity contribution in [3.05, 3.63) is 33.1 Å². The zero-order valence-electron chi connectivity index (χ0n) is 15.6. The molecule has 1 saturated heterocycles. The third-order valence-corrected chi connectivity index (χ3v) is 6.36. The monoisotopic (exact) mass is 460 g/mol. The van der Waals surface area contributed by atoms with Crippen LogP contribution in [0.4, 0.5) is 0 Å². The van der Waals surface area contributed by atoms with Crippen LogP contribution in [0, 0.1) is 0 Å². The van der Waals surface area contributed by atoms with E-state index >= 15 is 0 Å². The third-order valence-electron chi connectivity index (χ3n) is 3.46. The summed E-state index contributed by atoms with van der Waals surface area (Å²) in [5.74, 6) is 0. The molecule has 5 N–H and O–H groups in total. The molecule has 3 unspecified atom stereocenters. The molecular weight excluding hydrogens is 438 g/mol. The summed E-state index contributed by atoms with van der Waals surface area (Å²) in [4.78, 5) is 44.0. The Morgan fingerprint density at radius 3 is 2.34 bits per heavy atom. The van der Waals surface area contributed by atoms with Crippen molar-refractivity contribution in [3.63, 3.8) is 0 Å². The molecule has 0 saturated carbocycles. The fraction of sp³-hybridized carbons (Fsp3) is 0.692. The lowest BCUT2D eigenvalue weighted by Crippen LogP contribution is -2.37. The van der Waals surface area contributed by atoms with Gasteiger partial charge in [0.15, 0.2) is 6.23 Å². The van der Waals surface area contributed by atoms with Gasteiger partial charge in [-0.3, -0.25) is 23.4 Å². The maximum absolute atomic E-state index is 11.9. The van der Waals surface area contributed by atoms with E-state index < -0.39 is 63.6 Å². The Hall–Kier alpha value is -1.18. The van der Waals surface area contributed by atoms with E-state index in [1.54, 1.807) is 0 Å². The van der Waals surface area contributed by atoms with E-state index in [2.05, 4.69) is 13.4 Å². The molecule has 2 heterocycles. The first kappa shape index (κ1) is 24.1. The molecule has 1 aliphatic heterocycles. The van der Waals surface area contributed by atoms with E-state index in [-0.39, 0.29) is 0 Å². The Morgan fingerprint density at radius 2 is 1.79 bits per heavy atom. The minimum atomic E-state index is -5.13. The van der Waals surface area contributed by atoms with Crippen LogP contribution in [-0.2, 0) is 27.2 Å². The van der Waals surface area contributed by atoms with E-state index in [1.165, 1.54) is 20.8 Å². The van der Waals surface area contributed by atoms with Crippen LogP contribution in [0.3, 0.4) is 0 Å². The lowest BCUT2D eigenvalue weighted by atomic mass is 10.1. The van der Waals surface area contributed by atoms with Gasteiger partial charge in [0.05, 0.1) is 12.2 Å². The Labute approximate surface area is 163 Å². The number of phosphoric acid groups is 2. The summed E-state index contributed by atoms with van der Waals surface area (Å²) in [6.45, 7) is 3.37. The number of aliphatic hydroxyl groups excluding tert-OH is 2. The van der Waals surface area contributed by atoms with Gasteiger partial charge in [-0.05, 0) is 20.8 Å². The second-order valence-electron chi connectivity index (χ2n) is 7.08. The van der Waals surface area contributed by atoms with Gasteiger partial charge in [0.25, 0.3) is 5.56 Å². The van der Waals surface area contributed by atoms with Crippen molar-refractivity contribution in [1.82, 2.24) is 9.55 Å². The molecule has 6 atom stereocenters. The van der Waals surface area contributed by atoms with Gasteiger partial charge in [0.1, 0.15) is 18.3 Å². The predicted molar refractivity (Wildman–Crippen MR) is 94.8 cm³/mol. The first-order valence-electron chi connectivity index (χ1n) is 8.15. The van der Waals surface area contributed by atoms with Crippen LogP contribution >= 0.6 is 15.6 Å².